The third-order valence-electron chi connectivity index (χ3n) is 8.62. The van der Waals surface area contributed by atoms with Crippen molar-refractivity contribution in [1.29, 1.82) is 0 Å². The van der Waals surface area contributed by atoms with E-state index in [4.69, 9.17) is 14.2 Å². The molecule has 1 rings (SSSR count). The molecule has 1 heterocycles. The molecule has 3 atom stereocenters. The fourth-order valence-corrected chi connectivity index (χ4v) is 5.44. The van der Waals surface area contributed by atoms with Crippen LogP contribution < -0.4 is 16.0 Å². The van der Waals surface area contributed by atoms with Gasteiger partial charge in [-0.2, -0.15) is 0 Å². The minimum Gasteiger partial charge on any atom is -0.756 e. The van der Waals surface area contributed by atoms with Gasteiger partial charge in [0.1, 0.15) is 18.1 Å². The maximum Gasteiger partial charge on any atom is 3.00 e. The molecule has 1 aliphatic heterocycles. The van der Waals surface area contributed by atoms with Crippen LogP contribution in [0.15, 0.2) is 34.9 Å². The molecule has 0 fully saturated rings. The molecule has 0 unspecified atom stereocenters. The number of hydroxylamine groups is 6. The smallest absolute Gasteiger partial charge is 0.756 e. The number of nitrogens with one attached hydrogen (secondary N) is 3. The minimum absolute atomic E-state index is 0. The first-order chi connectivity index (χ1) is 28.2. The van der Waals surface area contributed by atoms with Crippen molar-refractivity contribution < 1.29 is 74.4 Å². The van der Waals surface area contributed by atoms with Crippen LogP contribution in [0, 0.1) is 15.6 Å². The summed E-state index contributed by atoms with van der Waals surface area (Å²) < 4.78 is 15.8. The molecule has 22 heteroatoms. The van der Waals surface area contributed by atoms with E-state index in [1.165, 1.54) is 41.5 Å². The topological polar surface area (TPSA) is 296 Å². The second-order valence-corrected chi connectivity index (χ2v) is 14.2. The Balaban J connectivity index is 0.0000360. The van der Waals surface area contributed by atoms with Crippen molar-refractivity contribution >= 4 is 53.4 Å². The Morgan fingerprint density at radius 2 is 0.738 bits per heavy atom. The number of nitrogens with zero attached hydrogens (tertiary/aromatic N) is 3. The second kappa shape index (κ2) is 30.0. The average Bonchev–Trinajstić information content (AvgIpc) is 3.15. The third-order valence-corrected chi connectivity index (χ3v) is 8.62. The van der Waals surface area contributed by atoms with Crippen molar-refractivity contribution in [3.63, 3.8) is 0 Å². The van der Waals surface area contributed by atoms with Gasteiger partial charge in [-0.15, -0.1) is 0 Å². The van der Waals surface area contributed by atoms with Crippen molar-refractivity contribution in [1.82, 2.24) is 31.1 Å². The van der Waals surface area contributed by atoms with Crippen LogP contribution in [0.4, 0.5) is 0 Å². The summed E-state index contributed by atoms with van der Waals surface area (Å²) in [6.07, 6.45) is 3.14. The molecule has 6 amide bonds. The maximum absolute atomic E-state index is 12.8. The van der Waals surface area contributed by atoms with E-state index in [1.54, 1.807) is 0 Å². The van der Waals surface area contributed by atoms with E-state index in [1.807, 2.05) is 0 Å². The number of esters is 3. The van der Waals surface area contributed by atoms with Gasteiger partial charge in [0.05, 0.1) is 19.8 Å². The first kappa shape index (κ1) is 55.8. The summed E-state index contributed by atoms with van der Waals surface area (Å²) in [5.41, 5.74) is 1.16. The standard InChI is InChI=1S/C39H57N6O15.Fe/c1-25-13-19-58-37(52)31(40-28(4)46)11-8-17-44(56)35(50)23-27(3)15-21-60-39(54)33(42-30(6)48)12-9-18-45(57)36(51)24-26(2)14-20-59-38(53)32(41-29(5)47)10-7-16-43(55)34(49)22-25;/h22-24,31-33H,7-21H2,1-6H3,(H,40,46)(H,41,47)(H,42,48);/q-3;+3/b25-22-,26-24-,27-23-;/t31-,32-,33-;/m0./s1. The number of carbonyl (C=O) groups excluding carboxylic acids is 9. The molecule has 0 saturated carbocycles. The molecule has 0 spiro atoms. The van der Waals surface area contributed by atoms with E-state index in [-0.39, 0.29) is 130 Å². The molecule has 341 valence electrons. The van der Waals surface area contributed by atoms with Gasteiger partial charge >= 0.3 is 35.0 Å². The van der Waals surface area contributed by atoms with Crippen LogP contribution in [0.2, 0.25) is 0 Å². The molecule has 0 bridgehead atoms. The Kier molecular flexibility index (Phi) is 27.4. The predicted molar refractivity (Wildman–Crippen MR) is 214 cm³/mol. The molecular formula is C39H57FeN6O15. The second-order valence-electron chi connectivity index (χ2n) is 14.2. The summed E-state index contributed by atoms with van der Waals surface area (Å²) in [5.74, 6) is -6.86. The fraction of sp³-hybridized carbons (Fsp3) is 0.615. The van der Waals surface area contributed by atoms with Gasteiger partial charge < -0.3 is 61.0 Å². The van der Waals surface area contributed by atoms with E-state index < -0.39 is 71.5 Å². The van der Waals surface area contributed by atoms with E-state index in [0.717, 1.165) is 18.2 Å². The molecular weight excluding hydrogens is 848 g/mol. The summed E-state index contributed by atoms with van der Waals surface area (Å²) in [7, 11) is 0. The molecule has 1 radical (unpaired) electrons. The van der Waals surface area contributed by atoms with Crippen LogP contribution in [0.5, 0.6) is 0 Å². The molecule has 3 N–H and O–H groups in total. The molecule has 0 aliphatic carbocycles. The van der Waals surface area contributed by atoms with Crippen LogP contribution in [0.3, 0.4) is 0 Å². The van der Waals surface area contributed by atoms with Gasteiger partial charge in [0.2, 0.25) is 35.4 Å². The van der Waals surface area contributed by atoms with Crippen molar-refractivity contribution in [2.75, 3.05) is 39.5 Å². The Bertz CT molecular complexity index is 1450. The number of cyclic esters (lactones) is 3. The monoisotopic (exact) mass is 905 g/mol. The van der Waals surface area contributed by atoms with Gasteiger partial charge in [-0.3, -0.25) is 28.8 Å². The number of hydrogen-bond donors (Lipinski definition) is 3. The summed E-state index contributed by atoms with van der Waals surface area (Å²) in [6, 6.07) is -3.46. The van der Waals surface area contributed by atoms with Crippen molar-refractivity contribution in [2.45, 2.75) is 117 Å². The van der Waals surface area contributed by atoms with Crippen molar-refractivity contribution in [2.24, 2.45) is 0 Å². The normalized spacial score (nSPS) is 24.4. The first-order valence-electron chi connectivity index (χ1n) is 19.5. The number of carbonyl (C=O) groups is 9. The van der Waals surface area contributed by atoms with Gasteiger partial charge in [-0.05, 0) is 59.3 Å². The molecule has 1 aliphatic rings. The van der Waals surface area contributed by atoms with Crippen LogP contribution >= 0.6 is 0 Å². The molecule has 0 aromatic carbocycles. The molecule has 0 aromatic rings. The van der Waals surface area contributed by atoms with Crippen molar-refractivity contribution in [3.8, 4) is 0 Å². The number of hydrogen-bond acceptors (Lipinski definition) is 15. The van der Waals surface area contributed by atoms with Gasteiger partial charge in [-0.25, -0.2) is 14.4 Å². The SMILES string of the molecule is CC(=O)N[C@H]1CCCN([O-])C(=O)/C=C(/C)CCOC(=O)[C@@H](NC(C)=O)CCCN([O-])C(=O)/C=C(/C)CCOC(=O)[C@@H](NC(C)=O)CCCN([O-])C(=O)/C=C(/C)CCOC1=O.[Fe+3]. The quantitative estimate of drug-likeness (QED) is 0.205. The molecule has 0 aromatic heterocycles. The fourth-order valence-electron chi connectivity index (χ4n) is 5.44. The number of rotatable bonds is 3. The zero-order valence-corrected chi connectivity index (χ0v) is 36.5. The Labute approximate surface area is 365 Å². The predicted octanol–water partition coefficient (Wildman–Crippen LogP) is 1.47. The Morgan fingerprint density at radius 3 is 0.951 bits per heavy atom. The third kappa shape index (κ3) is 24.6. The maximum atomic E-state index is 12.8. The molecule has 21 nitrogen and oxygen atoms in total. The molecule has 61 heavy (non-hydrogen) atoms. The molecule has 0 saturated heterocycles. The summed E-state index contributed by atoms with van der Waals surface area (Å²) in [5, 5.41) is 45.2. The average molecular weight is 906 g/mol. The first-order valence-corrected chi connectivity index (χ1v) is 19.5. The van der Waals surface area contributed by atoms with E-state index in [2.05, 4.69) is 16.0 Å². The van der Waals surface area contributed by atoms with Crippen LogP contribution in [-0.4, -0.2) is 126 Å². The largest absolute Gasteiger partial charge is 3.00 e. The van der Waals surface area contributed by atoms with Gasteiger partial charge in [0.15, 0.2) is 0 Å². The van der Waals surface area contributed by atoms with Gasteiger partial charge in [0, 0.05) is 77.9 Å². The van der Waals surface area contributed by atoms with E-state index >= 15 is 0 Å². The summed E-state index contributed by atoms with van der Waals surface area (Å²) >= 11 is 0. The summed E-state index contributed by atoms with van der Waals surface area (Å²) in [6.45, 7) is 6.46. The van der Waals surface area contributed by atoms with E-state index in [0.29, 0.717) is 16.7 Å². The van der Waals surface area contributed by atoms with E-state index in [9.17, 15) is 58.8 Å². The van der Waals surface area contributed by atoms with Gasteiger partial charge in [0.25, 0.3) is 0 Å². The van der Waals surface area contributed by atoms with Crippen molar-refractivity contribution in [3.05, 3.63) is 50.6 Å². The van der Waals surface area contributed by atoms with Gasteiger partial charge in [-0.1, -0.05) is 16.7 Å². The van der Waals surface area contributed by atoms with Crippen LogP contribution in [0.25, 0.3) is 0 Å². The minimum atomic E-state index is -1.15. The Morgan fingerprint density at radius 1 is 0.508 bits per heavy atom. The Hall–Kier alpha value is -5.15. The zero-order valence-electron chi connectivity index (χ0n) is 35.4. The van der Waals surface area contributed by atoms with Crippen LogP contribution in [0.1, 0.15) is 99.3 Å². The number of amides is 6. The zero-order chi connectivity index (χ0) is 45.4. The number of ether oxygens (including phenoxy) is 3. The van der Waals surface area contributed by atoms with Crippen LogP contribution in [-0.2, 0) is 74.4 Å². The summed E-state index contributed by atoms with van der Waals surface area (Å²) in [4.78, 5) is 111.